The van der Waals surface area contributed by atoms with Gasteiger partial charge in [-0.2, -0.15) is 5.10 Å². The quantitative estimate of drug-likeness (QED) is 0.366. The Labute approximate surface area is 194 Å². The predicted octanol–water partition coefficient (Wildman–Crippen LogP) is 2.50. The van der Waals surface area contributed by atoms with E-state index in [9.17, 15) is 0 Å². The number of hydrogen-bond acceptors (Lipinski definition) is 5. The van der Waals surface area contributed by atoms with Crippen LogP contribution in [-0.2, 0) is 24.8 Å². The maximum absolute atomic E-state index is 5.98. The molecule has 29 heavy (non-hydrogen) atoms. The van der Waals surface area contributed by atoms with E-state index in [0.29, 0.717) is 6.61 Å². The largest absolute Gasteiger partial charge is 0.370 e. The van der Waals surface area contributed by atoms with E-state index in [-0.39, 0.29) is 30.1 Å². The average molecular weight is 530 g/mol. The first-order chi connectivity index (χ1) is 13.7. The van der Waals surface area contributed by atoms with Crippen LogP contribution in [0.1, 0.15) is 29.0 Å². The highest BCUT2D eigenvalue weighted by Crippen LogP contribution is 2.24. The molecule has 4 heterocycles. The predicted molar refractivity (Wildman–Crippen MR) is 128 cm³/mol. The molecule has 1 unspecified atom stereocenters. The Kier molecular flexibility index (Phi) is 8.34. The molecule has 2 aliphatic heterocycles. The Balaban J connectivity index is 0.00000240. The number of nitrogens with zero attached hydrogens (tertiary/aromatic N) is 5. The zero-order chi connectivity index (χ0) is 19.3. The number of hydrogen-bond donors (Lipinski definition) is 1. The van der Waals surface area contributed by atoms with E-state index in [1.807, 2.05) is 35.5 Å². The second-order valence-corrected chi connectivity index (χ2v) is 8.38. The number of ether oxygens (including phenoxy) is 1. The van der Waals surface area contributed by atoms with Crippen molar-refractivity contribution >= 4 is 41.3 Å². The summed E-state index contributed by atoms with van der Waals surface area (Å²) in [5.74, 6) is 0.993. The first-order valence-electron chi connectivity index (χ1n) is 10.1. The van der Waals surface area contributed by atoms with E-state index < -0.39 is 0 Å². The van der Waals surface area contributed by atoms with Crippen LogP contribution in [0.15, 0.2) is 28.8 Å². The summed E-state index contributed by atoms with van der Waals surface area (Å²) in [4.78, 5) is 11.3. The summed E-state index contributed by atoms with van der Waals surface area (Å²) in [7, 11) is 1.94. The van der Waals surface area contributed by atoms with Gasteiger partial charge in [-0.05, 0) is 30.4 Å². The van der Waals surface area contributed by atoms with Crippen LogP contribution in [0.4, 0.5) is 0 Å². The Morgan fingerprint density at radius 3 is 3.10 bits per heavy atom. The molecular weight excluding hydrogens is 499 g/mol. The molecule has 1 saturated heterocycles. The Morgan fingerprint density at radius 1 is 1.41 bits per heavy atom. The van der Waals surface area contributed by atoms with E-state index in [0.717, 1.165) is 57.3 Å². The topological polar surface area (TPSA) is 57.9 Å². The van der Waals surface area contributed by atoms with E-state index in [2.05, 4.69) is 38.6 Å². The molecule has 4 rings (SSSR count). The van der Waals surface area contributed by atoms with Crippen LogP contribution in [0.2, 0.25) is 0 Å². The van der Waals surface area contributed by atoms with Crippen LogP contribution in [-0.4, -0.2) is 71.4 Å². The van der Waals surface area contributed by atoms with Gasteiger partial charge in [-0.1, -0.05) is 0 Å². The Hall–Kier alpha value is -1.17. The number of aromatic nitrogens is 2. The fourth-order valence-corrected chi connectivity index (χ4v) is 4.76. The van der Waals surface area contributed by atoms with Crippen LogP contribution in [0, 0.1) is 0 Å². The molecule has 0 aromatic carbocycles. The smallest absolute Gasteiger partial charge is 0.194 e. The number of nitrogens with one attached hydrogen (secondary N) is 1. The number of halogens is 1. The SMILES string of the molecule is CCNC(=NCCN1CCc2sccc2C1)N1CCOC(c2cnn(C)c2)C1.I. The van der Waals surface area contributed by atoms with Crippen LogP contribution < -0.4 is 5.32 Å². The third-order valence-electron chi connectivity index (χ3n) is 5.36. The first kappa shape index (κ1) is 22.5. The van der Waals surface area contributed by atoms with Crippen LogP contribution in [0.25, 0.3) is 0 Å². The molecule has 0 bridgehead atoms. The lowest BCUT2D eigenvalue weighted by molar-refractivity contribution is -0.00805. The molecule has 0 aliphatic carbocycles. The molecule has 9 heteroatoms. The molecule has 2 aromatic heterocycles. The van der Waals surface area contributed by atoms with Crippen molar-refractivity contribution < 1.29 is 4.74 Å². The minimum Gasteiger partial charge on any atom is -0.370 e. The Morgan fingerprint density at radius 2 is 2.31 bits per heavy atom. The van der Waals surface area contributed by atoms with Gasteiger partial charge in [0.1, 0.15) is 6.10 Å². The van der Waals surface area contributed by atoms with Crippen molar-refractivity contribution in [1.29, 1.82) is 0 Å². The van der Waals surface area contributed by atoms with Gasteiger partial charge >= 0.3 is 0 Å². The van der Waals surface area contributed by atoms with Crippen molar-refractivity contribution in [3.05, 3.63) is 39.8 Å². The average Bonchev–Trinajstić information content (AvgIpc) is 3.36. The van der Waals surface area contributed by atoms with Crippen LogP contribution in [0.3, 0.4) is 0 Å². The van der Waals surface area contributed by atoms with Crippen molar-refractivity contribution in [3.8, 4) is 0 Å². The summed E-state index contributed by atoms with van der Waals surface area (Å²) in [6.07, 6.45) is 5.15. The normalized spacial score (nSPS) is 20.3. The minimum atomic E-state index is 0. The maximum Gasteiger partial charge on any atom is 0.194 e. The van der Waals surface area contributed by atoms with Crippen molar-refractivity contribution in [2.45, 2.75) is 26.0 Å². The number of guanidine groups is 1. The number of aryl methyl sites for hydroxylation is 1. The molecule has 7 nitrogen and oxygen atoms in total. The monoisotopic (exact) mass is 530 g/mol. The molecule has 0 spiro atoms. The lowest BCUT2D eigenvalue weighted by Crippen LogP contribution is -2.48. The van der Waals surface area contributed by atoms with Gasteiger partial charge < -0.3 is 15.0 Å². The van der Waals surface area contributed by atoms with Crippen molar-refractivity contribution in [2.75, 3.05) is 45.9 Å². The highest BCUT2D eigenvalue weighted by molar-refractivity contribution is 14.0. The number of morpholine rings is 1. The summed E-state index contributed by atoms with van der Waals surface area (Å²) < 4.78 is 7.80. The number of rotatable bonds is 5. The third kappa shape index (κ3) is 5.71. The van der Waals surface area contributed by atoms with Gasteiger partial charge in [0.25, 0.3) is 0 Å². The fraction of sp³-hybridized carbons (Fsp3) is 0.600. The molecule has 2 aromatic rings. The number of fused-ring (bicyclic) bond motifs is 1. The zero-order valence-corrected chi connectivity index (χ0v) is 20.4. The molecule has 0 amide bonds. The molecule has 1 atom stereocenters. The first-order valence-corrected chi connectivity index (χ1v) is 11.0. The summed E-state index contributed by atoms with van der Waals surface area (Å²) in [6, 6.07) is 2.27. The lowest BCUT2D eigenvalue weighted by Gasteiger charge is -2.35. The van der Waals surface area contributed by atoms with Crippen molar-refractivity contribution in [1.82, 2.24) is 24.9 Å². The van der Waals surface area contributed by atoms with Gasteiger partial charge in [0.05, 0.1) is 25.9 Å². The van der Waals surface area contributed by atoms with Crippen molar-refractivity contribution in [2.24, 2.45) is 12.0 Å². The van der Waals surface area contributed by atoms with Gasteiger partial charge in [0, 0.05) is 56.4 Å². The molecule has 2 aliphatic rings. The van der Waals surface area contributed by atoms with E-state index >= 15 is 0 Å². The minimum absolute atomic E-state index is 0. The summed E-state index contributed by atoms with van der Waals surface area (Å²) in [5.41, 5.74) is 2.63. The maximum atomic E-state index is 5.98. The zero-order valence-electron chi connectivity index (χ0n) is 17.2. The van der Waals surface area contributed by atoms with Gasteiger partial charge in [-0.25, -0.2) is 0 Å². The second kappa shape index (κ2) is 10.7. The molecule has 0 saturated carbocycles. The van der Waals surface area contributed by atoms with Gasteiger partial charge in [0.15, 0.2) is 5.96 Å². The lowest BCUT2D eigenvalue weighted by atomic mass is 10.1. The van der Waals surface area contributed by atoms with Gasteiger partial charge in [-0.3, -0.25) is 14.6 Å². The van der Waals surface area contributed by atoms with Gasteiger partial charge in [0.2, 0.25) is 0 Å². The number of aliphatic imine (C=N–C) groups is 1. The highest BCUT2D eigenvalue weighted by atomic mass is 127. The fourth-order valence-electron chi connectivity index (χ4n) is 3.87. The van der Waals surface area contributed by atoms with Gasteiger partial charge in [-0.15, -0.1) is 35.3 Å². The molecule has 0 radical (unpaired) electrons. The molecule has 1 N–H and O–H groups in total. The van der Waals surface area contributed by atoms with Crippen LogP contribution >= 0.6 is 35.3 Å². The van der Waals surface area contributed by atoms with Crippen molar-refractivity contribution in [3.63, 3.8) is 0 Å². The Bertz CT molecular complexity index is 807. The second-order valence-electron chi connectivity index (χ2n) is 7.38. The van der Waals surface area contributed by atoms with E-state index in [1.165, 1.54) is 12.0 Å². The van der Waals surface area contributed by atoms with E-state index in [1.54, 1.807) is 4.88 Å². The summed E-state index contributed by atoms with van der Waals surface area (Å²) >= 11 is 1.89. The standard InChI is InChI=1S/C20H30N6OS.HI/c1-3-21-20(22-6-8-25-7-4-19-16(14-25)5-11-28-19)26-9-10-27-18(15-26)17-12-23-24(2)13-17;/h5,11-13,18H,3-4,6-10,14-15H2,1-2H3,(H,21,22);1H. The molecule has 160 valence electrons. The molecule has 1 fully saturated rings. The van der Waals surface area contributed by atoms with E-state index in [4.69, 9.17) is 9.73 Å². The molecular formula is C20H31IN6OS. The third-order valence-corrected chi connectivity index (χ3v) is 6.39. The van der Waals surface area contributed by atoms with Crippen LogP contribution in [0.5, 0.6) is 0 Å². The highest BCUT2D eigenvalue weighted by Gasteiger charge is 2.25. The number of thiophene rings is 1. The summed E-state index contributed by atoms with van der Waals surface area (Å²) in [5, 5.41) is 9.96. The summed E-state index contributed by atoms with van der Waals surface area (Å²) in [6.45, 7) is 9.39.